The van der Waals surface area contributed by atoms with Gasteiger partial charge >= 0.3 is 0 Å². The number of nitrogens with zero attached hydrogens (tertiary/aromatic N) is 1. The first-order valence-electron chi connectivity index (χ1n) is 6.81. The van der Waals surface area contributed by atoms with Crippen molar-refractivity contribution in [2.24, 2.45) is 0 Å². The van der Waals surface area contributed by atoms with Crippen molar-refractivity contribution in [3.8, 4) is 0 Å². The number of rotatable bonds is 5. The summed E-state index contributed by atoms with van der Waals surface area (Å²) in [5.41, 5.74) is 0.0304. The molecular weight excluding hydrogens is 412 g/mol. The Morgan fingerprint density at radius 2 is 1.68 bits per heavy atom. The summed E-state index contributed by atoms with van der Waals surface area (Å²) >= 11 is 23.5. The maximum absolute atomic E-state index is 12.4. The van der Waals surface area contributed by atoms with Gasteiger partial charge in [-0.3, -0.25) is 14.9 Å². The number of benzene rings is 2. The third-order valence-electron chi connectivity index (χ3n) is 3.10. The third-order valence-corrected chi connectivity index (χ3v) is 4.01. The zero-order valence-corrected chi connectivity index (χ0v) is 15.4. The van der Waals surface area contributed by atoms with Gasteiger partial charge in [0.1, 0.15) is 11.7 Å². The lowest BCUT2D eigenvalue weighted by Gasteiger charge is -2.27. The van der Waals surface area contributed by atoms with Gasteiger partial charge in [0.2, 0.25) is 3.79 Å². The molecule has 0 aliphatic carbocycles. The Hall–Kier alpha value is -1.73. The minimum atomic E-state index is -1.92. The van der Waals surface area contributed by atoms with Crippen LogP contribution in [-0.2, 0) is 0 Å². The van der Waals surface area contributed by atoms with E-state index in [1.165, 1.54) is 24.3 Å². The summed E-state index contributed by atoms with van der Waals surface area (Å²) in [5, 5.41) is 16.9. The van der Waals surface area contributed by atoms with Crippen LogP contribution >= 0.6 is 46.4 Å². The van der Waals surface area contributed by atoms with Gasteiger partial charge in [0.05, 0.1) is 4.92 Å². The largest absolute Gasteiger partial charge is 0.362 e. The number of nitro benzene ring substituents is 1. The van der Waals surface area contributed by atoms with E-state index in [9.17, 15) is 14.9 Å². The number of carbonyl (C=O) groups is 1. The zero-order valence-electron chi connectivity index (χ0n) is 12.4. The fraction of sp³-hybridized carbons (Fsp3) is 0.133. The molecule has 0 bridgehead atoms. The van der Waals surface area contributed by atoms with Gasteiger partial charge in [0, 0.05) is 16.8 Å². The highest BCUT2D eigenvalue weighted by molar-refractivity contribution is 6.68. The van der Waals surface area contributed by atoms with Crippen LogP contribution in [0, 0.1) is 10.1 Å². The summed E-state index contributed by atoms with van der Waals surface area (Å²) in [6, 6.07) is 12.0. The van der Waals surface area contributed by atoms with Gasteiger partial charge < -0.3 is 10.6 Å². The molecule has 10 heteroatoms. The van der Waals surface area contributed by atoms with Crippen LogP contribution in [0.4, 0.5) is 11.4 Å². The first-order valence-corrected chi connectivity index (χ1v) is 8.33. The molecule has 1 amide bonds. The SMILES string of the molecule is O=C(N[C@H](Nc1ccc(Cl)cc1)C(Cl)(Cl)Cl)c1ccccc1[N+](=O)[O-]. The first kappa shape index (κ1) is 19.6. The molecule has 0 heterocycles. The number of alkyl halides is 3. The fourth-order valence-corrected chi connectivity index (χ4v) is 2.40. The van der Waals surface area contributed by atoms with Crippen molar-refractivity contribution >= 4 is 63.7 Å². The van der Waals surface area contributed by atoms with Crippen LogP contribution in [0.2, 0.25) is 5.02 Å². The van der Waals surface area contributed by atoms with E-state index < -0.39 is 20.8 Å². The van der Waals surface area contributed by atoms with Gasteiger partial charge in [0.25, 0.3) is 11.6 Å². The average Bonchev–Trinajstić information content (AvgIpc) is 2.55. The van der Waals surface area contributed by atoms with Crippen LogP contribution in [0.3, 0.4) is 0 Å². The van der Waals surface area contributed by atoms with E-state index in [4.69, 9.17) is 46.4 Å². The van der Waals surface area contributed by atoms with Crippen molar-refractivity contribution in [3.63, 3.8) is 0 Å². The molecule has 0 fully saturated rings. The van der Waals surface area contributed by atoms with Crippen LogP contribution in [0.15, 0.2) is 48.5 Å². The molecule has 0 radical (unpaired) electrons. The molecule has 0 saturated heterocycles. The van der Waals surface area contributed by atoms with E-state index in [-0.39, 0.29) is 11.3 Å². The number of hydrogen-bond donors (Lipinski definition) is 2. The Labute approximate surface area is 163 Å². The summed E-state index contributed by atoms with van der Waals surface area (Å²) < 4.78 is -1.92. The van der Waals surface area contributed by atoms with Gasteiger partial charge in [-0.15, -0.1) is 0 Å². The normalized spacial score (nSPS) is 12.3. The second kappa shape index (κ2) is 8.10. The molecule has 0 aromatic heterocycles. The maximum Gasteiger partial charge on any atom is 0.282 e. The second-order valence-corrected chi connectivity index (χ2v) is 7.68. The standard InChI is InChI=1S/C15H11Cl4N3O3/c16-9-5-7-10(8-6-9)20-14(15(17,18)19)21-13(23)11-3-1-2-4-12(11)22(24)25/h1-8,14,20H,(H,21,23)/t14-/m0/s1. The van der Waals surface area contributed by atoms with Gasteiger partial charge in [-0.05, 0) is 30.3 Å². The summed E-state index contributed by atoms with van der Waals surface area (Å²) in [6.45, 7) is 0. The predicted molar refractivity (Wildman–Crippen MR) is 99.7 cm³/mol. The van der Waals surface area contributed by atoms with Gasteiger partial charge in [-0.2, -0.15) is 0 Å². The topological polar surface area (TPSA) is 84.3 Å². The number of anilines is 1. The highest BCUT2D eigenvalue weighted by Gasteiger charge is 2.35. The minimum absolute atomic E-state index is 0.148. The molecule has 1 atom stereocenters. The number of para-hydroxylation sites is 1. The summed E-state index contributed by atoms with van der Waals surface area (Å²) in [6.07, 6.45) is -1.15. The van der Waals surface area contributed by atoms with Crippen molar-refractivity contribution in [2.75, 3.05) is 5.32 Å². The van der Waals surface area contributed by atoms with Crippen LogP contribution in [0.5, 0.6) is 0 Å². The molecule has 0 aliphatic rings. The van der Waals surface area contributed by atoms with E-state index in [0.29, 0.717) is 10.7 Å². The molecule has 2 N–H and O–H groups in total. The van der Waals surface area contributed by atoms with Crippen LogP contribution in [0.25, 0.3) is 0 Å². The molecule has 6 nitrogen and oxygen atoms in total. The molecule has 132 valence electrons. The van der Waals surface area contributed by atoms with E-state index in [2.05, 4.69) is 10.6 Å². The Bertz CT molecular complexity index is 778. The number of carbonyl (C=O) groups excluding carboxylic acids is 1. The van der Waals surface area contributed by atoms with E-state index in [1.807, 2.05) is 0 Å². The molecule has 0 aliphatic heterocycles. The zero-order chi connectivity index (χ0) is 18.6. The fourth-order valence-electron chi connectivity index (χ4n) is 1.95. The number of amides is 1. The van der Waals surface area contributed by atoms with Gasteiger partial charge in [0.15, 0.2) is 0 Å². The predicted octanol–water partition coefficient (Wildman–Crippen LogP) is 4.79. The molecule has 0 saturated carbocycles. The smallest absolute Gasteiger partial charge is 0.282 e. The Balaban J connectivity index is 2.24. The highest BCUT2D eigenvalue weighted by Crippen LogP contribution is 2.32. The van der Waals surface area contributed by atoms with Crippen molar-refractivity contribution in [2.45, 2.75) is 9.96 Å². The van der Waals surface area contributed by atoms with Crippen molar-refractivity contribution in [3.05, 3.63) is 69.2 Å². The average molecular weight is 423 g/mol. The third kappa shape index (κ3) is 5.37. The molecular formula is C15H11Cl4N3O3. The molecule has 0 spiro atoms. The Kier molecular flexibility index (Phi) is 6.35. The number of nitro groups is 1. The lowest BCUT2D eigenvalue weighted by molar-refractivity contribution is -0.385. The van der Waals surface area contributed by atoms with E-state index in [0.717, 1.165) is 0 Å². The molecule has 25 heavy (non-hydrogen) atoms. The quantitative estimate of drug-likeness (QED) is 0.314. The maximum atomic E-state index is 12.4. The highest BCUT2D eigenvalue weighted by atomic mass is 35.6. The minimum Gasteiger partial charge on any atom is -0.362 e. The van der Waals surface area contributed by atoms with Gasteiger partial charge in [-0.25, -0.2) is 0 Å². The van der Waals surface area contributed by atoms with Crippen LogP contribution in [0.1, 0.15) is 10.4 Å². The van der Waals surface area contributed by atoms with Crippen LogP contribution in [-0.4, -0.2) is 20.8 Å². The van der Waals surface area contributed by atoms with Gasteiger partial charge in [-0.1, -0.05) is 58.5 Å². The lowest BCUT2D eigenvalue weighted by Crippen LogP contribution is -2.49. The molecule has 2 rings (SSSR count). The molecule has 2 aromatic rings. The van der Waals surface area contributed by atoms with E-state index >= 15 is 0 Å². The first-order chi connectivity index (χ1) is 11.7. The molecule has 0 unspecified atom stereocenters. The van der Waals surface area contributed by atoms with Crippen molar-refractivity contribution in [1.29, 1.82) is 0 Å². The van der Waals surface area contributed by atoms with E-state index in [1.54, 1.807) is 24.3 Å². The lowest BCUT2D eigenvalue weighted by atomic mass is 10.1. The Morgan fingerprint density at radius 1 is 1.08 bits per heavy atom. The summed E-state index contributed by atoms with van der Waals surface area (Å²) in [5.74, 6) is -0.759. The summed E-state index contributed by atoms with van der Waals surface area (Å²) in [7, 11) is 0. The monoisotopic (exact) mass is 421 g/mol. The second-order valence-electron chi connectivity index (χ2n) is 4.87. The number of nitrogens with one attached hydrogen (secondary N) is 2. The Morgan fingerprint density at radius 3 is 2.24 bits per heavy atom. The number of hydrogen-bond acceptors (Lipinski definition) is 4. The van der Waals surface area contributed by atoms with Crippen LogP contribution < -0.4 is 10.6 Å². The van der Waals surface area contributed by atoms with Crippen molar-refractivity contribution in [1.82, 2.24) is 5.32 Å². The van der Waals surface area contributed by atoms with Crippen molar-refractivity contribution < 1.29 is 9.72 Å². The molecule has 2 aromatic carbocycles. The summed E-state index contributed by atoms with van der Waals surface area (Å²) in [4.78, 5) is 22.8. The number of halogens is 4.